The van der Waals surface area contributed by atoms with Gasteiger partial charge in [0.2, 0.25) is 5.91 Å². The Balaban J connectivity index is 2.40. The Morgan fingerprint density at radius 1 is 1.04 bits per heavy atom. The highest BCUT2D eigenvalue weighted by atomic mass is 16.5. The van der Waals surface area contributed by atoms with Gasteiger partial charge in [0.05, 0.1) is 6.42 Å². The molecule has 1 aliphatic heterocycles. The molecule has 138 valence electrons. The van der Waals surface area contributed by atoms with Crippen molar-refractivity contribution < 1.29 is 19.1 Å². The highest BCUT2D eigenvalue weighted by Gasteiger charge is 2.32. The van der Waals surface area contributed by atoms with E-state index in [2.05, 4.69) is 13.8 Å². The molecular formula is C19H33NO4. The predicted molar refractivity (Wildman–Crippen MR) is 93.5 cm³/mol. The normalized spacial score (nSPS) is 20.7. The van der Waals surface area contributed by atoms with Crippen LogP contribution in [-0.2, 0) is 19.1 Å². The van der Waals surface area contributed by atoms with Crippen LogP contribution in [0.1, 0.15) is 78.6 Å². The van der Waals surface area contributed by atoms with E-state index in [1.807, 2.05) is 4.90 Å². The number of nitrogens with zero attached hydrogens (tertiary/aromatic N) is 1. The van der Waals surface area contributed by atoms with Crippen molar-refractivity contribution >= 4 is 17.7 Å². The molecule has 0 saturated carbocycles. The van der Waals surface area contributed by atoms with Gasteiger partial charge in [0.1, 0.15) is 11.9 Å². The topological polar surface area (TPSA) is 63.7 Å². The lowest BCUT2D eigenvalue weighted by atomic mass is 9.91. The molecular weight excluding hydrogens is 306 g/mol. The Labute approximate surface area is 146 Å². The number of unbranched alkanes of at least 4 members (excludes halogenated alkanes) is 3. The van der Waals surface area contributed by atoms with Crippen molar-refractivity contribution in [1.82, 2.24) is 4.90 Å². The van der Waals surface area contributed by atoms with E-state index in [9.17, 15) is 14.4 Å². The first-order chi connectivity index (χ1) is 11.5. The molecule has 0 aromatic heterocycles. The van der Waals surface area contributed by atoms with E-state index in [1.165, 1.54) is 19.8 Å². The lowest BCUT2D eigenvalue weighted by Gasteiger charge is -2.37. The molecule has 0 aromatic rings. The largest absolute Gasteiger partial charge is 0.462 e. The fraction of sp³-hybridized carbons (Fsp3) is 0.842. The highest BCUT2D eigenvalue weighted by Crippen LogP contribution is 2.24. The number of hydrogen-bond donors (Lipinski definition) is 0. The Bertz CT molecular complexity index is 422. The van der Waals surface area contributed by atoms with Gasteiger partial charge in [-0.25, -0.2) is 0 Å². The molecule has 0 spiro atoms. The average Bonchev–Trinajstić information content (AvgIpc) is 2.57. The fourth-order valence-corrected chi connectivity index (χ4v) is 3.15. The molecule has 1 heterocycles. The zero-order chi connectivity index (χ0) is 17.9. The molecule has 1 rings (SSSR count). The molecule has 5 nitrogen and oxygen atoms in total. The van der Waals surface area contributed by atoms with Gasteiger partial charge in [-0.15, -0.1) is 0 Å². The Hall–Kier alpha value is -1.39. The maximum absolute atomic E-state index is 12.3. The molecule has 0 unspecified atom stereocenters. The lowest BCUT2D eigenvalue weighted by Crippen LogP contribution is -2.47. The Kier molecular flexibility index (Phi) is 9.65. The van der Waals surface area contributed by atoms with Crippen molar-refractivity contribution in [3.05, 3.63) is 0 Å². The van der Waals surface area contributed by atoms with Gasteiger partial charge >= 0.3 is 5.97 Å². The summed E-state index contributed by atoms with van der Waals surface area (Å²) in [6.45, 7) is 7.04. The van der Waals surface area contributed by atoms with E-state index in [1.54, 1.807) is 0 Å². The molecule has 0 radical (unpaired) electrons. The molecule has 1 amide bonds. The number of hydrogen-bond acceptors (Lipinski definition) is 4. The van der Waals surface area contributed by atoms with Gasteiger partial charge in [0, 0.05) is 38.3 Å². The summed E-state index contributed by atoms with van der Waals surface area (Å²) in [5, 5.41) is 0. The Morgan fingerprint density at radius 2 is 1.79 bits per heavy atom. The molecule has 0 aliphatic carbocycles. The minimum Gasteiger partial charge on any atom is -0.462 e. The number of carbonyl (C=O) groups excluding carboxylic acids is 3. The van der Waals surface area contributed by atoms with Crippen molar-refractivity contribution in [2.24, 2.45) is 5.92 Å². The van der Waals surface area contributed by atoms with E-state index < -0.39 is 0 Å². The highest BCUT2D eigenvalue weighted by molar-refractivity contribution is 5.81. The monoisotopic (exact) mass is 339 g/mol. The maximum Gasteiger partial charge on any atom is 0.306 e. The third-order valence-corrected chi connectivity index (χ3v) is 4.75. The fourth-order valence-electron chi connectivity index (χ4n) is 3.15. The number of likely N-dealkylation sites (tertiary alicyclic amines) is 1. The van der Waals surface area contributed by atoms with Crippen LogP contribution in [0.3, 0.4) is 0 Å². The number of carbonyl (C=O) groups is 3. The molecule has 5 heteroatoms. The van der Waals surface area contributed by atoms with E-state index in [0.717, 1.165) is 19.3 Å². The number of ether oxygens (including phenoxy) is 1. The van der Waals surface area contributed by atoms with E-state index in [0.29, 0.717) is 25.9 Å². The number of amides is 1. The molecule has 0 N–H and O–H groups in total. The number of rotatable bonds is 10. The van der Waals surface area contributed by atoms with Crippen molar-refractivity contribution in [3.63, 3.8) is 0 Å². The van der Waals surface area contributed by atoms with E-state index in [-0.39, 0.29) is 42.5 Å². The molecule has 0 aromatic carbocycles. The molecule has 1 saturated heterocycles. The van der Waals surface area contributed by atoms with Crippen LogP contribution in [0.4, 0.5) is 0 Å². The van der Waals surface area contributed by atoms with Gasteiger partial charge in [-0.3, -0.25) is 9.59 Å². The van der Waals surface area contributed by atoms with Gasteiger partial charge in [0.25, 0.3) is 0 Å². The summed E-state index contributed by atoms with van der Waals surface area (Å²) in [6.07, 6.45) is 6.91. The van der Waals surface area contributed by atoms with Crippen molar-refractivity contribution in [2.75, 3.05) is 13.1 Å². The summed E-state index contributed by atoms with van der Waals surface area (Å²) in [5.74, 6) is 0.126. The summed E-state index contributed by atoms with van der Waals surface area (Å²) in [7, 11) is 0. The number of piperidine rings is 1. The second-order valence-electron chi connectivity index (χ2n) is 6.84. The third kappa shape index (κ3) is 7.45. The van der Waals surface area contributed by atoms with Crippen molar-refractivity contribution in [1.29, 1.82) is 0 Å². The number of esters is 1. The van der Waals surface area contributed by atoms with Crippen molar-refractivity contribution in [2.45, 2.75) is 84.7 Å². The minimum atomic E-state index is -0.298. The Morgan fingerprint density at radius 3 is 2.42 bits per heavy atom. The lowest BCUT2D eigenvalue weighted by molar-refractivity contribution is -0.157. The second-order valence-corrected chi connectivity index (χ2v) is 6.84. The van der Waals surface area contributed by atoms with Crippen LogP contribution in [0, 0.1) is 5.92 Å². The van der Waals surface area contributed by atoms with Gasteiger partial charge in [0.15, 0.2) is 0 Å². The number of Topliss-reactive ketones (excluding diaryl/α,β-unsaturated/α-hetero) is 1. The van der Waals surface area contributed by atoms with E-state index >= 15 is 0 Å². The van der Waals surface area contributed by atoms with Crippen LogP contribution < -0.4 is 0 Å². The first-order valence-corrected chi connectivity index (χ1v) is 9.44. The molecule has 0 bridgehead atoms. The maximum atomic E-state index is 12.3. The summed E-state index contributed by atoms with van der Waals surface area (Å²) in [6, 6.07) is 0. The summed E-state index contributed by atoms with van der Waals surface area (Å²) >= 11 is 0. The molecule has 24 heavy (non-hydrogen) atoms. The average molecular weight is 339 g/mol. The zero-order valence-corrected chi connectivity index (χ0v) is 15.5. The third-order valence-electron chi connectivity index (χ3n) is 4.75. The molecule has 1 aliphatic rings. The molecule has 2 atom stereocenters. The van der Waals surface area contributed by atoms with Crippen LogP contribution in [-0.4, -0.2) is 41.8 Å². The van der Waals surface area contributed by atoms with Crippen LogP contribution >= 0.6 is 0 Å². The second kappa shape index (κ2) is 11.2. The first-order valence-electron chi connectivity index (χ1n) is 9.44. The van der Waals surface area contributed by atoms with Gasteiger partial charge < -0.3 is 14.4 Å². The van der Waals surface area contributed by atoms with Gasteiger partial charge in [-0.05, 0) is 19.8 Å². The van der Waals surface area contributed by atoms with E-state index in [4.69, 9.17) is 4.74 Å². The summed E-state index contributed by atoms with van der Waals surface area (Å²) < 4.78 is 5.56. The number of ketones is 1. The van der Waals surface area contributed by atoms with Gasteiger partial charge in [-0.2, -0.15) is 0 Å². The van der Waals surface area contributed by atoms with Crippen LogP contribution in [0.5, 0.6) is 0 Å². The van der Waals surface area contributed by atoms with Crippen LogP contribution in [0.2, 0.25) is 0 Å². The first kappa shape index (κ1) is 20.7. The minimum absolute atomic E-state index is 0.00230. The zero-order valence-electron chi connectivity index (χ0n) is 15.5. The van der Waals surface area contributed by atoms with Gasteiger partial charge in [-0.1, -0.05) is 33.1 Å². The standard InChI is InChI=1S/C19H33NO4/c1-4-6-7-8-9-18(22)20-13-12-17(16(5-2)14-20)24-19(23)11-10-15(3)21/h16-17H,4-14H2,1-3H3/t16-,17-/m1/s1. The summed E-state index contributed by atoms with van der Waals surface area (Å²) in [4.78, 5) is 37.0. The SMILES string of the molecule is CCCCCCC(=O)N1CC[C@@H](OC(=O)CCC(C)=O)[C@H](CC)C1. The van der Waals surface area contributed by atoms with Crippen LogP contribution in [0.25, 0.3) is 0 Å². The smallest absolute Gasteiger partial charge is 0.306 e. The van der Waals surface area contributed by atoms with Crippen molar-refractivity contribution in [3.8, 4) is 0 Å². The molecule has 1 fully saturated rings. The quantitative estimate of drug-likeness (QED) is 0.451. The summed E-state index contributed by atoms with van der Waals surface area (Å²) in [5.41, 5.74) is 0. The van der Waals surface area contributed by atoms with Crippen LogP contribution in [0.15, 0.2) is 0 Å². The predicted octanol–water partition coefficient (Wildman–Crippen LogP) is 3.50.